The van der Waals surface area contributed by atoms with Crippen LogP contribution in [0.2, 0.25) is 0 Å². The van der Waals surface area contributed by atoms with Crippen LogP contribution in [0.4, 0.5) is 37.7 Å². The molecule has 0 saturated carbocycles. The van der Waals surface area contributed by atoms with Crippen LogP contribution < -0.4 is 15.5 Å². The number of aromatic nitrogens is 3. The van der Waals surface area contributed by atoms with E-state index in [0.717, 1.165) is 24.3 Å². The Balaban J connectivity index is 1.39. The Bertz CT molecular complexity index is 2140. The Morgan fingerprint density at radius 3 is 2.43 bits per heavy atom. The van der Waals surface area contributed by atoms with E-state index < -0.39 is 53.0 Å². The van der Waals surface area contributed by atoms with Crippen molar-refractivity contribution in [1.29, 1.82) is 0 Å². The number of ketones is 1. The van der Waals surface area contributed by atoms with E-state index in [2.05, 4.69) is 15.6 Å². The van der Waals surface area contributed by atoms with E-state index in [1.165, 1.54) is 29.2 Å². The molecule has 1 aliphatic heterocycles. The molecule has 6 rings (SSSR count). The maximum Gasteiger partial charge on any atom is 0.417 e. The number of nitrogens with zero attached hydrogens (tertiary/aromatic N) is 4. The first-order chi connectivity index (χ1) is 23.1. The highest BCUT2D eigenvalue weighted by atomic mass is 19.4. The Morgan fingerprint density at radius 1 is 1.04 bits per heavy atom. The molecule has 2 aromatic heterocycles. The van der Waals surface area contributed by atoms with Crippen LogP contribution in [0.1, 0.15) is 35.3 Å². The van der Waals surface area contributed by atoms with Crippen LogP contribution in [0, 0.1) is 11.6 Å². The van der Waals surface area contributed by atoms with Crippen molar-refractivity contribution in [2.24, 2.45) is 7.05 Å². The smallest absolute Gasteiger partial charge is 0.370 e. The van der Waals surface area contributed by atoms with Crippen LogP contribution in [-0.4, -0.2) is 58.2 Å². The zero-order valence-corrected chi connectivity index (χ0v) is 27.0. The lowest BCUT2D eigenvalue weighted by Crippen LogP contribution is -2.41. The van der Waals surface area contributed by atoms with E-state index in [1.54, 1.807) is 49.5 Å². The van der Waals surface area contributed by atoms with Gasteiger partial charge < -0.3 is 24.7 Å². The summed E-state index contributed by atoms with van der Waals surface area (Å²) in [5, 5.41) is 5.28. The molecule has 0 unspecified atom stereocenters. The van der Waals surface area contributed by atoms with Gasteiger partial charge in [-0.05, 0) is 32.0 Å². The highest BCUT2D eigenvalue weighted by Gasteiger charge is 2.39. The molecule has 256 valence electrons. The molecule has 0 fully saturated rings. The molecule has 5 aromatic rings. The van der Waals surface area contributed by atoms with Crippen molar-refractivity contribution in [3.63, 3.8) is 0 Å². The number of halogens is 6. The first-order valence-electron chi connectivity index (χ1n) is 15.3. The number of aryl methyl sites for hydroxylation is 1. The van der Waals surface area contributed by atoms with Crippen LogP contribution >= 0.6 is 0 Å². The molecule has 0 spiro atoms. The number of para-hydroxylation sites is 1. The van der Waals surface area contributed by atoms with Crippen LogP contribution in [0.5, 0.6) is 0 Å². The molecule has 1 aliphatic rings. The summed E-state index contributed by atoms with van der Waals surface area (Å²) in [4.78, 5) is 32.3. The first kappa shape index (κ1) is 33.8. The predicted octanol–water partition coefficient (Wildman–Crippen LogP) is 7.01. The van der Waals surface area contributed by atoms with Crippen molar-refractivity contribution in [2.75, 3.05) is 37.0 Å². The number of imidazole rings is 1. The molecule has 14 heteroatoms. The minimum absolute atomic E-state index is 0.0395. The van der Waals surface area contributed by atoms with Crippen molar-refractivity contribution < 1.29 is 35.9 Å². The van der Waals surface area contributed by atoms with Crippen molar-refractivity contribution in [3.05, 3.63) is 89.4 Å². The van der Waals surface area contributed by atoms with E-state index in [9.17, 15) is 27.2 Å². The van der Waals surface area contributed by atoms with Gasteiger partial charge in [0.2, 0.25) is 5.91 Å². The SMILES string of the molecule is CN1CCn2cc(C(=O)c3cc(F)c(NC(=O)/C=C/CNC(C)(C)CF)c(F)c3)c3cccc(c32)-c2c(C(F)(F)F)cc3c(ncn3C)c21. The zero-order valence-electron chi connectivity index (χ0n) is 27.0. The maximum atomic E-state index is 15.2. The van der Waals surface area contributed by atoms with Crippen molar-refractivity contribution in [3.8, 4) is 11.1 Å². The number of fused-ring (bicyclic) bond motifs is 4. The lowest BCUT2D eigenvalue weighted by Gasteiger charge is -2.29. The molecule has 8 nitrogen and oxygen atoms in total. The number of rotatable bonds is 8. The van der Waals surface area contributed by atoms with Gasteiger partial charge in [0.15, 0.2) is 5.78 Å². The summed E-state index contributed by atoms with van der Waals surface area (Å²) < 4.78 is 90.7. The van der Waals surface area contributed by atoms with E-state index in [-0.39, 0.29) is 41.9 Å². The van der Waals surface area contributed by atoms with Gasteiger partial charge in [0.25, 0.3) is 0 Å². The highest BCUT2D eigenvalue weighted by Crippen LogP contribution is 2.48. The minimum Gasteiger partial charge on any atom is -0.370 e. The fourth-order valence-electron chi connectivity index (χ4n) is 6.10. The second-order valence-electron chi connectivity index (χ2n) is 12.7. The molecule has 3 aromatic carbocycles. The molecular weight excluding hydrogens is 650 g/mol. The number of likely N-dealkylation sites (N-methyl/N-ethyl adjacent to an activating group) is 1. The molecule has 3 heterocycles. The summed E-state index contributed by atoms with van der Waals surface area (Å²) in [6, 6.07) is 7.33. The number of anilines is 2. The van der Waals surface area contributed by atoms with Gasteiger partial charge in [0.1, 0.15) is 29.5 Å². The summed E-state index contributed by atoms with van der Waals surface area (Å²) in [6.45, 7) is 3.29. The number of amides is 1. The lowest BCUT2D eigenvalue weighted by molar-refractivity contribution is -0.137. The number of benzene rings is 3. The summed E-state index contributed by atoms with van der Waals surface area (Å²) in [5.74, 6) is -4.01. The third kappa shape index (κ3) is 6.16. The van der Waals surface area contributed by atoms with E-state index in [4.69, 9.17) is 0 Å². The number of carbonyl (C=O) groups excluding carboxylic acids is 2. The van der Waals surface area contributed by atoms with Gasteiger partial charge in [-0.1, -0.05) is 24.3 Å². The van der Waals surface area contributed by atoms with Crippen molar-refractivity contribution in [1.82, 2.24) is 19.4 Å². The quantitative estimate of drug-likeness (QED) is 0.105. The average molecular weight is 683 g/mol. The monoisotopic (exact) mass is 682 g/mol. The van der Waals surface area contributed by atoms with Gasteiger partial charge in [-0.2, -0.15) is 13.2 Å². The third-order valence-corrected chi connectivity index (χ3v) is 8.62. The van der Waals surface area contributed by atoms with Crippen molar-refractivity contribution >= 4 is 45.0 Å². The summed E-state index contributed by atoms with van der Waals surface area (Å²) in [7, 11) is 3.30. The molecule has 49 heavy (non-hydrogen) atoms. The lowest BCUT2D eigenvalue weighted by atomic mass is 9.92. The van der Waals surface area contributed by atoms with Crippen LogP contribution in [0.15, 0.2) is 61.1 Å². The van der Waals surface area contributed by atoms with Gasteiger partial charge in [-0.15, -0.1) is 0 Å². The number of carbonyl (C=O) groups is 2. The van der Waals surface area contributed by atoms with Crippen LogP contribution in [-0.2, 0) is 24.6 Å². The molecule has 1 amide bonds. The van der Waals surface area contributed by atoms with Gasteiger partial charge in [-0.3, -0.25) is 9.59 Å². The van der Waals surface area contributed by atoms with Gasteiger partial charge in [-0.25, -0.2) is 18.2 Å². The molecule has 0 radical (unpaired) electrons. The van der Waals surface area contributed by atoms with E-state index in [1.807, 2.05) is 0 Å². The fraction of sp³-hybridized carbons (Fsp3) is 0.286. The largest absolute Gasteiger partial charge is 0.417 e. The molecule has 0 atom stereocenters. The van der Waals surface area contributed by atoms with E-state index >= 15 is 8.78 Å². The summed E-state index contributed by atoms with van der Waals surface area (Å²) in [5.41, 5.74) is -1.25. The first-order valence-corrected chi connectivity index (χ1v) is 15.3. The zero-order chi connectivity index (χ0) is 35.4. The van der Waals surface area contributed by atoms with Gasteiger partial charge in [0, 0.05) is 79.2 Å². The number of nitrogens with one attached hydrogen (secondary N) is 2. The Kier molecular flexibility index (Phi) is 8.55. The molecule has 0 aliphatic carbocycles. The van der Waals surface area contributed by atoms with E-state index in [0.29, 0.717) is 27.6 Å². The predicted molar refractivity (Wildman–Crippen MR) is 176 cm³/mol. The fourth-order valence-corrected chi connectivity index (χ4v) is 6.10. The molecule has 0 bridgehead atoms. The van der Waals surface area contributed by atoms with Crippen LogP contribution in [0.3, 0.4) is 0 Å². The topological polar surface area (TPSA) is 84.2 Å². The summed E-state index contributed by atoms with van der Waals surface area (Å²) in [6.07, 6.45) is 0.617. The number of alkyl halides is 4. The van der Waals surface area contributed by atoms with Gasteiger partial charge in [0.05, 0.1) is 28.6 Å². The Morgan fingerprint density at radius 2 is 1.76 bits per heavy atom. The Labute approximate surface area is 277 Å². The molecule has 0 saturated heterocycles. The number of hydrogen-bond donors (Lipinski definition) is 2. The van der Waals surface area contributed by atoms with Gasteiger partial charge >= 0.3 is 6.18 Å². The Hall–Kier alpha value is -5.11. The molecular formula is C35H32F6N6O2. The third-order valence-electron chi connectivity index (χ3n) is 8.62. The number of hydrogen-bond acceptors (Lipinski definition) is 5. The summed E-state index contributed by atoms with van der Waals surface area (Å²) >= 11 is 0. The van der Waals surface area contributed by atoms with Crippen LogP contribution in [0.25, 0.3) is 33.1 Å². The van der Waals surface area contributed by atoms with Crippen molar-refractivity contribution in [2.45, 2.75) is 32.1 Å². The average Bonchev–Trinajstić information content (AvgIpc) is 3.61. The maximum absolute atomic E-state index is 15.2. The second-order valence-corrected chi connectivity index (χ2v) is 12.7. The normalized spacial score (nSPS) is 13.6. The second kappa shape index (κ2) is 12.4. The highest BCUT2D eigenvalue weighted by molar-refractivity contribution is 6.19. The minimum atomic E-state index is -4.73. The molecule has 2 N–H and O–H groups in total. The standard InChI is InChI=1S/C35H32F6N6O2/c1-34(2,17-36)43-10-6-9-27(48)44-29-24(37)13-19(14-25(29)38)33(49)22-16-47-12-11-45(3)32-28(21-8-5-7-20(22)31(21)47)23(35(39,40)41)15-26-30(32)42-18-46(26)4/h5-9,13-16,18,43H,10-12,17H2,1-4H3,(H,44,48)/b9-6+.